The SMILES string of the molecule is CC[C@@H](NC(=O)NCC1(C)CCN(C)CC1)C(=O)O. The van der Waals surface area contributed by atoms with E-state index in [9.17, 15) is 9.59 Å². The molecule has 1 aliphatic heterocycles. The number of nitrogens with one attached hydrogen (secondary N) is 2. The van der Waals surface area contributed by atoms with E-state index in [4.69, 9.17) is 5.11 Å². The van der Waals surface area contributed by atoms with Crippen LogP contribution >= 0.6 is 0 Å². The highest BCUT2D eigenvalue weighted by Gasteiger charge is 2.29. The molecular weight excluding hydrogens is 246 g/mol. The zero-order valence-corrected chi connectivity index (χ0v) is 12.0. The van der Waals surface area contributed by atoms with Crippen molar-refractivity contribution >= 4 is 12.0 Å². The molecule has 0 saturated carbocycles. The van der Waals surface area contributed by atoms with Crippen LogP contribution in [0.25, 0.3) is 0 Å². The monoisotopic (exact) mass is 271 g/mol. The molecule has 0 radical (unpaired) electrons. The Morgan fingerprint density at radius 2 is 1.95 bits per heavy atom. The Hall–Kier alpha value is -1.30. The summed E-state index contributed by atoms with van der Waals surface area (Å²) in [5.74, 6) is -0.997. The summed E-state index contributed by atoms with van der Waals surface area (Å²) < 4.78 is 0. The zero-order chi connectivity index (χ0) is 14.5. The van der Waals surface area contributed by atoms with Gasteiger partial charge in [-0.2, -0.15) is 0 Å². The van der Waals surface area contributed by atoms with Gasteiger partial charge in [-0.1, -0.05) is 13.8 Å². The van der Waals surface area contributed by atoms with Gasteiger partial charge >= 0.3 is 12.0 Å². The van der Waals surface area contributed by atoms with E-state index in [1.54, 1.807) is 6.92 Å². The molecule has 2 amide bonds. The van der Waals surface area contributed by atoms with E-state index in [0.29, 0.717) is 13.0 Å². The number of carboxylic acid groups (broad SMARTS) is 1. The number of hydrogen-bond acceptors (Lipinski definition) is 3. The van der Waals surface area contributed by atoms with E-state index in [0.717, 1.165) is 25.9 Å². The number of rotatable bonds is 5. The van der Waals surface area contributed by atoms with Crippen molar-refractivity contribution < 1.29 is 14.7 Å². The molecule has 1 rings (SSSR count). The number of likely N-dealkylation sites (tertiary alicyclic amines) is 1. The van der Waals surface area contributed by atoms with Crippen molar-refractivity contribution in [1.29, 1.82) is 0 Å². The van der Waals surface area contributed by atoms with Crippen molar-refractivity contribution in [1.82, 2.24) is 15.5 Å². The normalized spacial score (nSPS) is 20.6. The van der Waals surface area contributed by atoms with Crippen LogP contribution in [-0.2, 0) is 4.79 Å². The number of carbonyl (C=O) groups excluding carboxylic acids is 1. The standard InChI is InChI=1S/C13H25N3O3/c1-4-10(11(17)18)15-12(19)14-9-13(2)5-7-16(3)8-6-13/h10H,4-9H2,1-3H3,(H,17,18)(H2,14,15,19)/t10-/m1/s1. The van der Waals surface area contributed by atoms with E-state index in [1.165, 1.54) is 0 Å². The molecule has 0 aromatic carbocycles. The average molecular weight is 271 g/mol. The van der Waals surface area contributed by atoms with Crippen molar-refractivity contribution in [2.24, 2.45) is 5.41 Å². The van der Waals surface area contributed by atoms with Gasteiger partial charge in [0.2, 0.25) is 0 Å². The van der Waals surface area contributed by atoms with E-state index < -0.39 is 18.0 Å². The molecule has 1 fully saturated rings. The number of carbonyl (C=O) groups is 2. The van der Waals surface area contributed by atoms with Crippen LogP contribution in [0.1, 0.15) is 33.1 Å². The predicted octanol–water partition coefficient (Wildman–Crippen LogP) is 0.881. The highest BCUT2D eigenvalue weighted by molar-refractivity contribution is 5.82. The maximum absolute atomic E-state index is 11.7. The number of piperidine rings is 1. The second-order valence-corrected chi connectivity index (χ2v) is 5.74. The molecule has 6 nitrogen and oxygen atoms in total. The lowest BCUT2D eigenvalue weighted by Crippen LogP contribution is -2.49. The molecule has 3 N–H and O–H groups in total. The average Bonchev–Trinajstić information content (AvgIpc) is 2.37. The molecule has 1 aliphatic rings. The van der Waals surface area contributed by atoms with E-state index in [1.807, 2.05) is 0 Å². The van der Waals surface area contributed by atoms with Crippen LogP contribution in [0.15, 0.2) is 0 Å². The molecule has 1 saturated heterocycles. The fourth-order valence-electron chi connectivity index (χ4n) is 2.18. The molecule has 6 heteroatoms. The summed E-state index contributed by atoms with van der Waals surface area (Å²) in [5, 5.41) is 14.1. The second kappa shape index (κ2) is 6.75. The Labute approximate surface area is 114 Å². The highest BCUT2D eigenvalue weighted by atomic mass is 16.4. The number of hydrogen-bond donors (Lipinski definition) is 3. The molecule has 1 heterocycles. The van der Waals surface area contributed by atoms with E-state index in [2.05, 4.69) is 29.5 Å². The van der Waals surface area contributed by atoms with E-state index in [-0.39, 0.29) is 5.41 Å². The molecule has 0 unspecified atom stereocenters. The maximum Gasteiger partial charge on any atom is 0.326 e. The molecule has 19 heavy (non-hydrogen) atoms. The first-order valence-electron chi connectivity index (χ1n) is 6.82. The third kappa shape index (κ3) is 5.06. The second-order valence-electron chi connectivity index (χ2n) is 5.74. The van der Waals surface area contributed by atoms with E-state index >= 15 is 0 Å². The third-order valence-corrected chi connectivity index (χ3v) is 3.88. The lowest BCUT2D eigenvalue weighted by atomic mass is 9.80. The molecule has 0 aromatic rings. The smallest absolute Gasteiger partial charge is 0.326 e. The first-order valence-corrected chi connectivity index (χ1v) is 6.82. The van der Waals surface area contributed by atoms with Crippen molar-refractivity contribution in [3.8, 4) is 0 Å². The van der Waals surface area contributed by atoms with Crippen LogP contribution in [0.3, 0.4) is 0 Å². The van der Waals surface area contributed by atoms with Crippen LogP contribution in [-0.4, -0.2) is 54.7 Å². The summed E-state index contributed by atoms with van der Waals surface area (Å²) in [6, 6.07) is -1.21. The maximum atomic E-state index is 11.7. The molecule has 0 aromatic heterocycles. The van der Waals surface area contributed by atoms with Crippen molar-refractivity contribution in [2.45, 2.75) is 39.2 Å². The lowest BCUT2D eigenvalue weighted by molar-refractivity contribution is -0.139. The first-order chi connectivity index (χ1) is 8.86. The summed E-state index contributed by atoms with van der Waals surface area (Å²) in [6.07, 6.45) is 2.46. The molecule has 110 valence electrons. The summed E-state index contributed by atoms with van der Waals surface area (Å²) >= 11 is 0. The van der Waals surface area contributed by atoms with Gasteiger partial charge in [-0.3, -0.25) is 0 Å². The fraction of sp³-hybridized carbons (Fsp3) is 0.846. The first kappa shape index (κ1) is 15.8. The summed E-state index contributed by atoms with van der Waals surface area (Å²) in [4.78, 5) is 24.8. The topological polar surface area (TPSA) is 81.7 Å². The quantitative estimate of drug-likeness (QED) is 0.693. The van der Waals surface area contributed by atoms with Gasteiger partial charge in [0.15, 0.2) is 0 Å². The third-order valence-electron chi connectivity index (χ3n) is 3.88. The molecule has 1 atom stereocenters. The predicted molar refractivity (Wildman–Crippen MR) is 73.1 cm³/mol. The van der Waals surface area contributed by atoms with Crippen LogP contribution < -0.4 is 10.6 Å². The van der Waals surface area contributed by atoms with Crippen LogP contribution in [0, 0.1) is 5.41 Å². The largest absolute Gasteiger partial charge is 0.480 e. The van der Waals surface area contributed by atoms with Crippen molar-refractivity contribution in [3.05, 3.63) is 0 Å². The number of carboxylic acids is 1. The van der Waals surface area contributed by atoms with Gasteiger partial charge in [-0.15, -0.1) is 0 Å². The minimum atomic E-state index is -0.997. The summed E-state index contributed by atoms with van der Waals surface area (Å²) in [6.45, 7) is 6.55. The molecular formula is C13H25N3O3. The molecule has 0 aliphatic carbocycles. The minimum absolute atomic E-state index is 0.106. The van der Waals surface area contributed by atoms with Gasteiger partial charge in [0.25, 0.3) is 0 Å². The fourth-order valence-corrected chi connectivity index (χ4v) is 2.18. The Kier molecular flexibility index (Phi) is 5.60. The highest BCUT2D eigenvalue weighted by Crippen LogP contribution is 2.29. The van der Waals surface area contributed by atoms with Gasteiger partial charge in [0.1, 0.15) is 6.04 Å². The Morgan fingerprint density at radius 1 is 1.37 bits per heavy atom. The summed E-state index contributed by atoms with van der Waals surface area (Å²) in [5.41, 5.74) is 0.106. The Bertz CT molecular complexity index is 325. The number of urea groups is 1. The molecule has 0 bridgehead atoms. The lowest BCUT2D eigenvalue weighted by Gasteiger charge is -2.38. The number of aliphatic carboxylic acids is 1. The van der Waals surface area contributed by atoms with Gasteiger partial charge < -0.3 is 20.6 Å². The Balaban J connectivity index is 2.35. The van der Waals surface area contributed by atoms with Gasteiger partial charge in [0.05, 0.1) is 0 Å². The van der Waals surface area contributed by atoms with Gasteiger partial charge in [-0.05, 0) is 44.8 Å². The minimum Gasteiger partial charge on any atom is -0.480 e. The summed E-state index contributed by atoms with van der Waals surface area (Å²) in [7, 11) is 2.10. The van der Waals surface area contributed by atoms with Crippen molar-refractivity contribution in [3.63, 3.8) is 0 Å². The van der Waals surface area contributed by atoms with Crippen LogP contribution in [0.4, 0.5) is 4.79 Å². The van der Waals surface area contributed by atoms with Crippen LogP contribution in [0.5, 0.6) is 0 Å². The van der Waals surface area contributed by atoms with Crippen LogP contribution in [0.2, 0.25) is 0 Å². The van der Waals surface area contributed by atoms with Gasteiger partial charge in [-0.25, -0.2) is 9.59 Å². The van der Waals surface area contributed by atoms with Crippen molar-refractivity contribution in [2.75, 3.05) is 26.7 Å². The number of nitrogens with zero attached hydrogens (tertiary/aromatic N) is 1. The van der Waals surface area contributed by atoms with Gasteiger partial charge in [0, 0.05) is 6.54 Å². The number of amides is 2. The molecule has 0 spiro atoms. The Morgan fingerprint density at radius 3 is 2.42 bits per heavy atom. The zero-order valence-electron chi connectivity index (χ0n) is 12.0.